The highest BCUT2D eigenvalue weighted by Crippen LogP contribution is 2.37. The van der Waals surface area contributed by atoms with Crippen LogP contribution in [0.3, 0.4) is 0 Å². The minimum absolute atomic E-state index is 0.00845. The Morgan fingerprint density at radius 1 is 1.19 bits per heavy atom. The Morgan fingerprint density at radius 3 is 2.44 bits per heavy atom. The standard InChI is InChI=1S/C13H25NO2/c1-3-15-13(16-4-2)7-8-14-10-11-5-6-12(14)9-11/h11-13H,3-10H2,1-2H3. The van der Waals surface area contributed by atoms with Crippen LogP contribution in [0.25, 0.3) is 0 Å². The van der Waals surface area contributed by atoms with Gasteiger partial charge in [0.1, 0.15) is 0 Å². The van der Waals surface area contributed by atoms with E-state index in [1.54, 1.807) is 0 Å². The second-order valence-corrected chi connectivity index (χ2v) is 4.96. The smallest absolute Gasteiger partial charge is 0.158 e. The van der Waals surface area contributed by atoms with Gasteiger partial charge in [0, 0.05) is 38.8 Å². The molecule has 1 aliphatic heterocycles. The third-order valence-electron chi connectivity index (χ3n) is 3.88. The van der Waals surface area contributed by atoms with Gasteiger partial charge in [0.05, 0.1) is 0 Å². The van der Waals surface area contributed by atoms with Crippen LogP contribution in [0.4, 0.5) is 0 Å². The molecule has 1 aliphatic carbocycles. The monoisotopic (exact) mass is 227 g/mol. The van der Waals surface area contributed by atoms with Crippen LogP contribution < -0.4 is 0 Å². The molecule has 2 bridgehead atoms. The summed E-state index contributed by atoms with van der Waals surface area (Å²) in [6.07, 6.45) is 5.34. The summed E-state index contributed by atoms with van der Waals surface area (Å²) in [6, 6.07) is 0.869. The number of hydrogen-bond donors (Lipinski definition) is 0. The number of rotatable bonds is 7. The van der Waals surface area contributed by atoms with Crippen LogP contribution in [0.15, 0.2) is 0 Å². The summed E-state index contributed by atoms with van der Waals surface area (Å²) in [4.78, 5) is 2.64. The predicted octanol–water partition coefficient (Wildman–Crippen LogP) is 2.26. The first-order valence-corrected chi connectivity index (χ1v) is 6.80. The highest BCUT2D eigenvalue weighted by atomic mass is 16.7. The van der Waals surface area contributed by atoms with Gasteiger partial charge in [-0.1, -0.05) is 0 Å². The van der Waals surface area contributed by atoms with Crippen molar-refractivity contribution in [3.8, 4) is 0 Å². The molecule has 0 amide bonds. The van der Waals surface area contributed by atoms with Crippen LogP contribution in [-0.4, -0.2) is 43.5 Å². The maximum Gasteiger partial charge on any atom is 0.158 e. The van der Waals surface area contributed by atoms with E-state index in [0.29, 0.717) is 0 Å². The zero-order valence-corrected chi connectivity index (χ0v) is 10.7. The highest BCUT2D eigenvalue weighted by molar-refractivity contribution is 4.91. The normalized spacial score (nSPS) is 29.4. The molecule has 2 aliphatic rings. The molecule has 16 heavy (non-hydrogen) atoms. The molecule has 2 rings (SSSR count). The lowest BCUT2D eigenvalue weighted by molar-refractivity contribution is -0.142. The molecule has 1 heterocycles. The van der Waals surface area contributed by atoms with Gasteiger partial charge in [-0.15, -0.1) is 0 Å². The molecule has 1 saturated carbocycles. The Bertz CT molecular complexity index is 204. The van der Waals surface area contributed by atoms with Crippen molar-refractivity contribution in [2.45, 2.75) is 51.9 Å². The van der Waals surface area contributed by atoms with E-state index in [1.807, 2.05) is 13.8 Å². The average Bonchev–Trinajstić information content (AvgIpc) is 2.88. The maximum absolute atomic E-state index is 5.57. The second kappa shape index (κ2) is 5.99. The summed E-state index contributed by atoms with van der Waals surface area (Å²) >= 11 is 0. The van der Waals surface area contributed by atoms with Crippen molar-refractivity contribution in [2.24, 2.45) is 5.92 Å². The third-order valence-corrected chi connectivity index (χ3v) is 3.88. The Labute approximate surface area is 99.1 Å². The Morgan fingerprint density at radius 2 is 1.94 bits per heavy atom. The topological polar surface area (TPSA) is 21.7 Å². The first kappa shape index (κ1) is 12.3. The number of fused-ring (bicyclic) bond motifs is 2. The lowest BCUT2D eigenvalue weighted by atomic mass is 10.1. The number of piperidine rings is 1. The molecule has 0 radical (unpaired) electrons. The average molecular weight is 227 g/mol. The van der Waals surface area contributed by atoms with Crippen molar-refractivity contribution in [3.05, 3.63) is 0 Å². The van der Waals surface area contributed by atoms with E-state index in [1.165, 1.54) is 25.8 Å². The van der Waals surface area contributed by atoms with E-state index < -0.39 is 0 Å². The molecular weight excluding hydrogens is 202 g/mol. The molecular formula is C13H25NO2. The van der Waals surface area contributed by atoms with E-state index >= 15 is 0 Å². The number of nitrogens with zero attached hydrogens (tertiary/aromatic N) is 1. The van der Waals surface area contributed by atoms with Gasteiger partial charge in [-0.2, -0.15) is 0 Å². The van der Waals surface area contributed by atoms with E-state index in [2.05, 4.69) is 4.90 Å². The van der Waals surface area contributed by atoms with Gasteiger partial charge >= 0.3 is 0 Å². The molecule has 0 spiro atoms. The molecule has 1 saturated heterocycles. The van der Waals surface area contributed by atoms with Gasteiger partial charge in [-0.3, -0.25) is 4.90 Å². The fourth-order valence-electron chi connectivity index (χ4n) is 3.16. The lowest BCUT2D eigenvalue weighted by Gasteiger charge is -2.28. The molecule has 2 atom stereocenters. The van der Waals surface area contributed by atoms with Gasteiger partial charge in [-0.25, -0.2) is 0 Å². The summed E-state index contributed by atoms with van der Waals surface area (Å²) in [5, 5.41) is 0. The fourth-order valence-corrected chi connectivity index (χ4v) is 3.16. The van der Waals surface area contributed by atoms with E-state index in [-0.39, 0.29) is 6.29 Å². The van der Waals surface area contributed by atoms with Crippen LogP contribution in [0, 0.1) is 5.92 Å². The van der Waals surface area contributed by atoms with Crippen molar-refractivity contribution < 1.29 is 9.47 Å². The zero-order chi connectivity index (χ0) is 11.4. The van der Waals surface area contributed by atoms with Gasteiger partial charge in [0.2, 0.25) is 0 Å². The van der Waals surface area contributed by atoms with Crippen molar-refractivity contribution in [1.29, 1.82) is 0 Å². The molecule has 0 aromatic carbocycles. The maximum atomic E-state index is 5.57. The Hall–Kier alpha value is -0.120. The minimum Gasteiger partial charge on any atom is -0.353 e. The van der Waals surface area contributed by atoms with Crippen LogP contribution in [-0.2, 0) is 9.47 Å². The number of ether oxygens (including phenoxy) is 2. The van der Waals surface area contributed by atoms with Gasteiger partial charge < -0.3 is 9.47 Å². The van der Waals surface area contributed by atoms with Crippen LogP contribution in [0.2, 0.25) is 0 Å². The van der Waals surface area contributed by atoms with Gasteiger partial charge in [-0.05, 0) is 39.0 Å². The van der Waals surface area contributed by atoms with Crippen molar-refractivity contribution in [1.82, 2.24) is 4.90 Å². The summed E-state index contributed by atoms with van der Waals surface area (Å²) in [6.45, 7) is 8.02. The molecule has 3 nitrogen and oxygen atoms in total. The van der Waals surface area contributed by atoms with Gasteiger partial charge in [0.15, 0.2) is 6.29 Å². The van der Waals surface area contributed by atoms with E-state index in [4.69, 9.17) is 9.47 Å². The minimum atomic E-state index is 0.00845. The molecule has 94 valence electrons. The van der Waals surface area contributed by atoms with Gasteiger partial charge in [0.25, 0.3) is 0 Å². The first-order chi connectivity index (χ1) is 7.83. The quantitative estimate of drug-likeness (QED) is 0.623. The van der Waals surface area contributed by atoms with Crippen LogP contribution >= 0.6 is 0 Å². The predicted molar refractivity (Wildman–Crippen MR) is 64.4 cm³/mol. The van der Waals surface area contributed by atoms with Crippen molar-refractivity contribution in [3.63, 3.8) is 0 Å². The first-order valence-electron chi connectivity index (χ1n) is 6.80. The number of hydrogen-bond acceptors (Lipinski definition) is 3. The molecule has 2 fully saturated rings. The molecule has 0 aromatic rings. The summed E-state index contributed by atoms with van der Waals surface area (Å²) in [7, 11) is 0. The number of likely N-dealkylation sites (tertiary alicyclic amines) is 1. The van der Waals surface area contributed by atoms with E-state index in [9.17, 15) is 0 Å². The van der Waals surface area contributed by atoms with E-state index in [0.717, 1.165) is 38.1 Å². The van der Waals surface area contributed by atoms with Crippen molar-refractivity contribution >= 4 is 0 Å². The Balaban J connectivity index is 1.69. The largest absolute Gasteiger partial charge is 0.353 e. The molecule has 0 aromatic heterocycles. The second-order valence-electron chi connectivity index (χ2n) is 4.96. The van der Waals surface area contributed by atoms with Crippen LogP contribution in [0.5, 0.6) is 0 Å². The molecule has 2 unspecified atom stereocenters. The molecule has 0 N–H and O–H groups in total. The lowest BCUT2D eigenvalue weighted by Crippen LogP contribution is -2.35. The Kier molecular flexibility index (Phi) is 4.62. The highest BCUT2D eigenvalue weighted by Gasteiger charge is 2.37. The van der Waals surface area contributed by atoms with Crippen LogP contribution in [0.1, 0.15) is 39.5 Å². The summed E-state index contributed by atoms with van der Waals surface area (Å²) in [5.74, 6) is 0.989. The summed E-state index contributed by atoms with van der Waals surface area (Å²) < 4.78 is 11.1. The summed E-state index contributed by atoms with van der Waals surface area (Å²) in [5.41, 5.74) is 0. The third kappa shape index (κ3) is 2.96. The zero-order valence-electron chi connectivity index (χ0n) is 10.7. The SMILES string of the molecule is CCOC(CCN1CC2CCC1C2)OCC. The molecule has 3 heteroatoms. The fraction of sp³-hybridized carbons (Fsp3) is 1.00. The van der Waals surface area contributed by atoms with Crippen molar-refractivity contribution in [2.75, 3.05) is 26.3 Å².